The van der Waals surface area contributed by atoms with Crippen LogP contribution in [0.4, 0.5) is 0 Å². The van der Waals surface area contributed by atoms with Gasteiger partial charge in [0.1, 0.15) is 0 Å². The van der Waals surface area contributed by atoms with E-state index in [1.54, 1.807) is 0 Å². The zero-order chi connectivity index (χ0) is 12.2. The topological polar surface area (TPSA) is 30.5 Å². The van der Waals surface area contributed by atoms with Gasteiger partial charge >= 0.3 is 0 Å². The Kier molecular flexibility index (Phi) is 3.96. The Morgan fingerprint density at radius 1 is 1.28 bits per heavy atom. The largest absolute Gasteiger partial charge is 0.454 e. The van der Waals surface area contributed by atoms with E-state index in [2.05, 4.69) is 23.1 Å². The molecule has 2 aliphatic rings. The van der Waals surface area contributed by atoms with Crippen molar-refractivity contribution in [3.63, 3.8) is 0 Å². The second kappa shape index (κ2) is 5.85. The van der Waals surface area contributed by atoms with Crippen molar-refractivity contribution in [3.8, 4) is 11.5 Å². The summed E-state index contributed by atoms with van der Waals surface area (Å²) in [5.74, 6) is 3.12. The van der Waals surface area contributed by atoms with Crippen LogP contribution in [0.15, 0.2) is 18.2 Å². The molecule has 0 aromatic heterocycles. The van der Waals surface area contributed by atoms with Crippen LogP contribution < -0.4 is 14.8 Å². The van der Waals surface area contributed by atoms with E-state index in [0.29, 0.717) is 6.79 Å². The molecule has 1 atom stereocenters. The Balaban J connectivity index is 1.52. The van der Waals surface area contributed by atoms with Crippen molar-refractivity contribution in [2.45, 2.75) is 31.1 Å². The van der Waals surface area contributed by atoms with Crippen LogP contribution in [-0.4, -0.2) is 24.3 Å². The average molecular weight is 265 g/mol. The first-order valence-electron chi connectivity index (χ1n) is 6.63. The van der Waals surface area contributed by atoms with Gasteiger partial charge in [0.2, 0.25) is 6.79 Å². The van der Waals surface area contributed by atoms with E-state index < -0.39 is 0 Å². The van der Waals surface area contributed by atoms with Gasteiger partial charge in [0, 0.05) is 23.9 Å². The first-order chi connectivity index (χ1) is 8.93. The first kappa shape index (κ1) is 12.2. The predicted octanol–water partition coefficient (Wildman–Crippen LogP) is 2.79. The summed E-state index contributed by atoms with van der Waals surface area (Å²) in [6.07, 6.45) is 4.12. The number of para-hydroxylation sites is 1. The molecular weight excluding hydrogens is 246 g/mol. The summed E-state index contributed by atoms with van der Waals surface area (Å²) in [6.45, 7) is 2.31. The van der Waals surface area contributed by atoms with Crippen molar-refractivity contribution in [3.05, 3.63) is 23.8 Å². The molecular formula is C14H19NO2S. The van der Waals surface area contributed by atoms with E-state index in [9.17, 15) is 0 Å². The number of benzene rings is 1. The fraction of sp³-hybridized carbons (Fsp3) is 0.571. The van der Waals surface area contributed by atoms with Gasteiger partial charge < -0.3 is 14.8 Å². The van der Waals surface area contributed by atoms with E-state index >= 15 is 0 Å². The van der Waals surface area contributed by atoms with Gasteiger partial charge in [-0.25, -0.2) is 0 Å². The highest BCUT2D eigenvalue weighted by Gasteiger charge is 2.17. The molecule has 1 fully saturated rings. The van der Waals surface area contributed by atoms with E-state index in [4.69, 9.17) is 9.47 Å². The Bertz CT molecular complexity index is 405. The molecule has 0 saturated carbocycles. The van der Waals surface area contributed by atoms with Crippen LogP contribution in [0.1, 0.15) is 24.8 Å². The number of hydrogen-bond acceptors (Lipinski definition) is 4. The normalized spacial score (nSPS) is 22.1. The molecule has 2 heterocycles. The molecule has 3 nitrogen and oxygen atoms in total. The Morgan fingerprint density at radius 3 is 3.17 bits per heavy atom. The highest BCUT2D eigenvalue weighted by atomic mass is 32.2. The van der Waals surface area contributed by atoms with Gasteiger partial charge in [0.05, 0.1) is 0 Å². The first-order valence-corrected chi connectivity index (χ1v) is 7.68. The van der Waals surface area contributed by atoms with Gasteiger partial charge in [-0.1, -0.05) is 18.6 Å². The molecule has 1 N–H and O–H groups in total. The van der Waals surface area contributed by atoms with Crippen molar-refractivity contribution in [1.82, 2.24) is 5.32 Å². The predicted molar refractivity (Wildman–Crippen MR) is 74.4 cm³/mol. The molecule has 0 bridgehead atoms. The van der Waals surface area contributed by atoms with Crippen molar-refractivity contribution in [1.29, 1.82) is 0 Å². The summed E-state index contributed by atoms with van der Waals surface area (Å²) in [4.78, 5) is 0. The number of nitrogens with one attached hydrogen (secondary N) is 1. The Labute approximate surface area is 112 Å². The average Bonchev–Trinajstić information content (AvgIpc) is 2.89. The third kappa shape index (κ3) is 2.75. The van der Waals surface area contributed by atoms with E-state index in [1.807, 2.05) is 12.1 Å². The van der Waals surface area contributed by atoms with Gasteiger partial charge in [-0.3, -0.25) is 0 Å². The lowest BCUT2D eigenvalue weighted by Crippen LogP contribution is -2.26. The molecule has 3 rings (SSSR count). The summed E-state index contributed by atoms with van der Waals surface area (Å²) in [5.41, 5.74) is 1.20. The molecule has 2 aliphatic heterocycles. The van der Waals surface area contributed by atoms with Crippen molar-refractivity contribution < 1.29 is 9.47 Å². The Hall–Kier alpha value is -0.870. The van der Waals surface area contributed by atoms with Gasteiger partial charge in [-0.2, -0.15) is 11.8 Å². The lowest BCUT2D eigenvalue weighted by atomic mass is 10.1. The quantitative estimate of drug-likeness (QED) is 0.907. The van der Waals surface area contributed by atoms with Gasteiger partial charge in [-0.05, 0) is 24.7 Å². The van der Waals surface area contributed by atoms with Crippen molar-refractivity contribution >= 4 is 11.8 Å². The maximum Gasteiger partial charge on any atom is 0.231 e. The minimum absolute atomic E-state index is 0.352. The van der Waals surface area contributed by atoms with Gasteiger partial charge in [-0.15, -0.1) is 0 Å². The third-order valence-corrected chi connectivity index (χ3v) is 4.84. The molecule has 18 heavy (non-hydrogen) atoms. The van der Waals surface area contributed by atoms with E-state index in [0.717, 1.165) is 29.8 Å². The molecule has 1 unspecified atom stereocenters. The summed E-state index contributed by atoms with van der Waals surface area (Å²) in [7, 11) is 0. The van der Waals surface area contributed by atoms with Crippen LogP contribution in [0.25, 0.3) is 0 Å². The zero-order valence-electron chi connectivity index (χ0n) is 10.5. The Morgan fingerprint density at radius 2 is 2.28 bits per heavy atom. The monoisotopic (exact) mass is 265 g/mol. The second-order valence-electron chi connectivity index (χ2n) is 4.77. The summed E-state index contributed by atoms with van der Waals surface area (Å²) >= 11 is 2.11. The van der Waals surface area contributed by atoms with Crippen LogP contribution in [0.5, 0.6) is 11.5 Å². The van der Waals surface area contributed by atoms with Crippen LogP contribution in [0.3, 0.4) is 0 Å². The smallest absolute Gasteiger partial charge is 0.231 e. The summed E-state index contributed by atoms with van der Waals surface area (Å²) in [5, 5.41) is 4.33. The molecule has 0 aliphatic carbocycles. The van der Waals surface area contributed by atoms with Crippen LogP contribution in [0.2, 0.25) is 0 Å². The number of rotatable bonds is 4. The van der Waals surface area contributed by atoms with Gasteiger partial charge in [0.15, 0.2) is 11.5 Å². The SMILES string of the molecule is c1cc(CNCC2CCCCS2)c2c(c1)OCO2. The number of ether oxygens (including phenoxy) is 2. The molecule has 98 valence electrons. The van der Waals surface area contributed by atoms with E-state index in [-0.39, 0.29) is 0 Å². The summed E-state index contributed by atoms with van der Waals surface area (Å²) in [6, 6.07) is 6.09. The number of thioether (sulfide) groups is 1. The minimum Gasteiger partial charge on any atom is -0.454 e. The molecule has 0 radical (unpaired) electrons. The maximum atomic E-state index is 5.50. The summed E-state index contributed by atoms with van der Waals surface area (Å²) < 4.78 is 10.9. The zero-order valence-corrected chi connectivity index (χ0v) is 11.3. The third-order valence-electron chi connectivity index (χ3n) is 3.44. The highest BCUT2D eigenvalue weighted by molar-refractivity contribution is 7.99. The number of fused-ring (bicyclic) bond motifs is 1. The maximum absolute atomic E-state index is 5.50. The lowest BCUT2D eigenvalue weighted by Gasteiger charge is -2.21. The fourth-order valence-corrected chi connectivity index (χ4v) is 3.74. The molecule has 1 saturated heterocycles. The second-order valence-corrected chi connectivity index (χ2v) is 6.18. The molecule has 1 aromatic rings. The molecule has 0 amide bonds. The van der Waals surface area contributed by atoms with Crippen LogP contribution in [0, 0.1) is 0 Å². The van der Waals surface area contributed by atoms with Crippen LogP contribution in [-0.2, 0) is 6.54 Å². The highest BCUT2D eigenvalue weighted by Crippen LogP contribution is 2.35. The molecule has 4 heteroatoms. The minimum atomic E-state index is 0.352. The van der Waals surface area contributed by atoms with Crippen molar-refractivity contribution in [2.75, 3.05) is 19.1 Å². The molecule has 0 spiro atoms. The van der Waals surface area contributed by atoms with Crippen LogP contribution >= 0.6 is 11.8 Å². The van der Waals surface area contributed by atoms with Crippen molar-refractivity contribution in [2.24, 2.45) is 0 Å². The van der Waals surface area contributed by atoms with E-state index in [1.165, 1.54) is 30.6 Å². The standard InChI is InChI=1S/C14H19NO2S/c1-2-7-18-12(5-1)9-15-8-11-4-3-6-13-14(11)17-10-16-13/h3-4,6,12,15H,1-2,5,7-10H2. The fourth-order valence-electron chi connectivity index (χ4n) is 2.47. The lowest BCUT2D eigenvalue weighted by molar-refractivity contribution is 0.173. The molecule has 1 aromatic carbocycles. The number of hydrogen-bond donors (Lipinski definition) is 1. The van der Waals surface area contributed by atoms with Gasteiger partial charge in [0.25, 0.3) is 0 Å².